The molecule has 5 heteroatoms. The monoisotopic (exact) mass is 347 g/mol. The second kappa shape index (κ2) is 6.33. The number of fused-ring (bicyclic) bond motifs is 1. The van der Waals surface area contributed by atoms with E-state index in [1.165, 1.54) is 0 Å². The molecule has 0 amide bonds. The van der Waals surface area contributed by atoms with Crippen LogP contribution in [0.4, 0.5) is 5.82 Å². The molecule has 2 heterocycles. The minimum atomic E-state index is -0.0525. The van der Waals surface area contributed by atoms with Gasteiger partial charge in [0.1, 0.15) is 0 Å². The van der Waals surface area contributed by atoms with E-state index in [9.17, 15) is 0 Å². The summed E-state index contributed by atoms with van der Waals surface area (Å²) in [5, 5.41) is 4.78. The molecule has 3 aromatic rings. The van der Waals surface area contributed by atoms with Crippen LogP contribution in [0.5, 0.6) is 11.5 Å². The molecule has 0 atom stereocenters. The van der Waals surface area contributed by atoms with Crippen molar-refractivity contribution in [1.29, 1.82) is 0 Å². The molecule has 1 aromatic heterocycles. The van der Waals surface area contributed by atoms with Gasteiger partial charge in [0.15, 0.2) is 17.3 Å². The van der Waals surface area contributed by atoms with E-state index in [4.69, 9.17) is 19.6 Å². The average molecular weight is 347 g/mol. The molecule has 0 radical (unpaired) electrons. The maximum Gasteiger partial charge on any atom is 0.231 e. The van der Waals surface area contributed by atoms with Crippen molar-refractivity contribution in [3.05, 3.63) is 65.9 Å². The minimum absolute atomic E-state index is 0.0525. The zero-order valence-corrected chi connectivity index (χ0v) is 15.1. The molecule has 0 saturated carbocycles. The summed E-state index contributed by atoms with van der Waals surface area (Å²) in [6.07, 6.45) is 1.82. The van der Waals surface area contributed by atoms with Gasteiger partial charge in [0.2, 0.25) is 6.79 Å². The molecule has 0 N–H and O–H groups in total. The fourth-order valence-electron chi connectivity index (χ4n) is 2.72. The minimum Gasteiger partial charge on any atom is -0.454 e. The molecule has 0 bridgehead atoms. The number of ether oxygens (including phenoxy) is 2. The van der Waals surface area contributed by atoms with E-state index in [1.807, 2.05) is 65.5 Å². The van der Waals surface area contributed by atoms with E-state index in [0.717, 1.165) is 34.3 Å². The van der Waals surface area contributed by atoms with Crippen molar-refractivity contribution in [2.45, 2.75) is 26.2 Å². The van der Waals surface area contributed by atoms with Gasteiger partial charge in [0, 0.05) is 17.7 Å². The lowest BCUT2D eigenvalue weighted by Gasteiger charge is -2.14. The Morgan fingerprint density at radius 3 is 2.54 bits per heavy atom. The summed E-state index contributed by atoms with van der Waals surface area (Å²) in [5.41, 5.74) is 2.88. The predicted molar refractivity (Wildman–Crippen MR) is 102 cm³/mol. The third-order valence-electron chi connectivity index (χ3n) is 4.20. The summed E-state index contributed by atoms with van der Waals surface area (Å²) in [7, 11) is 0. The highest BCUT2D eigenvalue weighted by molar-refractivity contribution is 5.83. The largest absolute Gasteiger partial charge is 0.454 e. The van der Waals surface area contributed by atoms with Gasteiger partial charge in [0.25, 0.3) is 0 Å². The van der Waals surface area contributed by atoms with Gasteiger partial charge in [-0.3, -0.25) is 0 Å². The SMILES string of the molecule is CC(C)(C)c1cc(/N=C/c2ccc3c(c2)OCO3)n(-c2ccccc2)n1. The maximum atomic E-state index is 5.43. The number of benzene rings is 2. The van der Waals surface area contributed by atoms with E-state index >= 15 is 0 Å². The Kier molecular flexibility index (Phi) is 3.99. The Balaban J connectivity index is 1.72. The fraction of sp³-hybridized carbons (Fsp3) is 0.238. The van der Waals surface area contributed by atoms with Crippen LogP contribution in [0, 0.1) is 0 Å². The van der Waals surface area contributed by atoms with Crippen LogP contribution < -0.4 is 9.47 Å². The smallest absolute Gasteiger partial charge is 0.231 e. The molecule has 4 rings (SSSR count). The molecule has 1 aliphatic rings. The lowest BCUT2D eigenvalue weighted by molar-refractivity contribution is 0.174. The van der Waals surface area contributed by atoms with Crippen molar-refractivity contribution in [1.82, 2.24) is 9.78 Å². The van der Waals surface area contributed by atoms with Gasteiger partial charge in [-0.15, -0.1) is 0 Å². The van der Waals surface area contributed by atoms with E-state index in [-0.39, 0.29) is 12.2 Å². The quantitative estimate of drug-likeness (QED) is 0.648. The fourth-order valence-corrected chi connectivity index (χ4v) is 2.72. The lowest BCUT2D eigenvalue weighted by atomic mass is 9.92. The molecular weight excluding hydrogens is 326 g/mol. The zero-order valence-electron chi connectivity index (χ0n) is 15.1. The normalized spacial score (nSPS) is 13.5. The number of hydrogen-bond acceptors (Lipinski definition) is 4. The summed E-state index contributed by atoms with van der Waals surface area (Å²) in [5.74, 6) is 2.31. The summed E-state index contributed by atoms with van der Waals surface area (Å²) < 4.78 is 12.7. The molecular formula is C21H21N3O2. The van der Waals surface area contributed by atoms with Crippen LogP contribution in [0.2, 0.25) is 0 Å². The molecule has 26 heavy (non-hydrogen) atoms. The molecule has 1 aliphatic heterocycles. The molecule has 0 fully saturated rings. The highest BCUT2D eigenvalue weighted by atomic mass is 16.7. The van der Waals surface area contributed by atoms with Gasteiger partial charge in [-0.1, -0.05) is 39.0 Å². The summed E-state index contributed by atoms with van der Waals surface area (Å²) in [6, 6.07) is 17.9. The zero-order chi connectivity index (χ0) is 18.1. The molecule has 0 unspecified atom stereocenters. The van der Waals surface area contributed by atoms with Crippen LogP contribution in [0.15, 0.2) is 59.6 Å². The Morgan fingerprint density at radius 2 is 1.77 bits per heavy atom. The van der Waals surface area contributed by atoms with Crippen molar-refractivity contribution in [2.75, 3.05) is 6.79 Å². The number of hydrogen-bond donors (Lipinski definition) is 0. The van der Waals surface area contributed by atoms with Crippen molar-refractivity contribution in [3.8, 4) is 17.2 Å². The Morgan fingerprint density at radius 1 is 1.00 bits per heavy atom. The standard InChI is InChI=1S/C21H21N3O2/c1-21(2,3)19-12-20(24(23-19)16-7-5-4-6-8-16)22-13-15-9-10-17-18(11-15)26-14-25-17/h4-13H,14H2,1-3H3/b22-13+. The van der Waals surface area contributed by atoms with E-state index in [1.54, 1.807) is 0 Å². The Bertz CT molecular complexity index is 953. The van der Waals surface area contributed by atoms with Crippen molar-refractivity contribution < 1.29 is 9.47 Å². The van der Waals surface area contributed by atoms with E-state index in [0.29, 0.717) is 0 Å². The first-order chi connectivity index (χ1) is 12.5. The summed E-state index contributed by atoms with van der Waals surface area (Å²) >= 11 is 0. The van der Waals surface area contributed by atoms with Gasteiger partial charge in [-0.25, -0.2) is 9.67 Å². The third kappa shape index (κ3) is 3.20. The van der Waals surface area contributed by atoms with Crippen molar-refractivity contribution in [3.63, 3.8) is 0 Å². The first kappa shape index (κ1) is 16.4. The van der Waals surface area contributed by atoms with Crippen LogP contribution in [0.25, 0.3) is 5.69 Å². The van der Waals surface area contributed by atoms with Crippen LogP contribution in [-0.4, -0.2) is 22.8 Å². The number of nitrogens with zero attached hydrogens (tertiary/aromatic N) is 3. The molecule has 0 aliphatic carbocycles. The Hall–Kier alpha value is -3.08. The first-order valence-electron chi connectivity index (χ1n) is 8.60. The van der Waals surface area contributed by atoms with Crippen LogP contribution in [-0.2, 0) is 5.41 Å². The maximum absolute atomic E-state index is 5.43. The first-order valence-corrected chi connectivity index (χ1v) is 8.60. The second-order valence-corrected chi connectivity index (χ2v) is 7.26. The summed E-state index contributed by atoms with van der Waals surface area (Å²) in [6.45, 7) is 6.72. The second-order valence-electron chi connectivity index (χ2n) is 7.26. The molecule has 0 saturated heterocycles. The number of rotatable bonds is 3. The van der Waals surface area contributed by atoms with Gasteiger partial charge in [0.05, 0.1) is 11.4 Å². The molecule has 2 aromatic carbocycles. The topological polar surface area (TPSA) is 48.6 Å². The number of aliphatic imine (C=N–C) groups is 1. The Labute approximate surface area is 152 Å². The highest BCUT2D eigenvalue weighted by Gasteiger charge is 2.20. The van der Waals surface area contributed by atoms with Gasteiger partial charge in [-0.05, 0) is 35.9 Å². The van der Waals surface area contributed by atoms with Gasteiger partial charge >= 0.3 is 0 Å². The van der Waals surface area contributed by atoms with Crippen molar-refractivity contribution in [2.24, 2.45) is 4.99 Å². The van der Waals surface area contributed by atoms with Crippen LogP contribution in [0.1, 0.15) is 32.0 Å². The molecule has 0 spiro atoms. The molecule has 5 nitrogen and oxygen atoms in total. The lowest BCUT2D eigenvalue weighted by Crippen LogP contribution is -2.12. The number of aromatic nitrogens is 2. The van der Waals surface area contributed by atoms with Gasteiger partial charge < -0.3 is 9.47 Å². The molecule has 132 valence electrons. The van der Waals surface area contributed by atoms with E-state index in [2.05, 4.69) is 20.8 Å². The van der Waals surface area contributed by atoms with E-state index < -0.39 is 0 Å². The number of para-hydroxylation sites is 1. The van der Waals surface area contributed by atoms with Crippen LogP contribution in [0.3, 0.4) is 0 Å². The predicted octanol–water partition coefficient (Wildman–Crippen LogP) is 4.65. The van der Waals surface area contributed by atoms with Crippen LogP contribution >= 0.6 is 0 Å². The third-order valence-corrected chi connectivity index (χ3v) is 4.20. The highest BCUT2D eigenvalue weighted by Crippen LogP contribution is 2.32. The summed E-state index contributed by atoms with van der Waals surface area (Å²) in [4.78, 5) is 4.69. The van der Waals surface area contributed by atoms with Crippen molar-refractivity contribution >= 4 is 12.0 Å². The van der Waals surface area contributed by atoms with Gasteiger partial charge in [-0.2, -0.15) is 5.10 Å². The average Bonchev–Trinajstić information content (AvgIpc) is 3.26.